The molecular weight excluding hydrogens is 904 g/mol. The van der Waals surface area contributed by atoms with Crippen molar-refractivity contribution in [1.82, 2.24) is 0 Å². The van der Waals surface area contributed by atoms with Crippen molar-refractivity contribution >= 4 is 31.2 Å². The first kappa shape index (κ1) is 63.0. The van der Waals surface area contributed by atoms with Gasteiger partial charge in [0, 0.05) is 25.2 Å². The topological polar surface area (TPSA) is 671 Å². The molecular formula is C23H58N6O28S3. The van der Waals surface area contributed by atoms with Gasteiger partial charge in [0.05, 0.1) is 24.8 Å². The maximum Gasteiger partial charge on any atom is 0.394 e. The summed E-state index contributed by atoms with van der Waals surface area (Å²) in [5.41, 5.74) is 35.6. The van der Waals surface area contributed by atoms with E-state index in [1.165, 1.54) is 0 Å². The van der Waals surface area contributed by atoms with E-state index in [4.69, 9.17) is 115 Å². The van der Waals surface area contributed by atoms with Gasteiger partial charge in [0.2, 0.25) is 0 Å². The first-order chi connectivity index (χ1) is 25.8. The predicted octanol–water partition coefficient (Wildman–Crippen LogP) is -13.3. The van der Waals surface area contributed by atoms with Gasteiger partial charge in [-0.3, -0.25) is 27.3 Å². The lowest BCUT2D eigenvalue weighted by Gasteiger charge is -2.47. The highest BCUT2D eigenvalue weighted by Crippen LogP contribution is 2.34. The number of hydrogen-bond donors (Lipinski definition) is 19. The first-order valence-corrected chi connectivity index (χ1v) is 20.2. The largest absolute Gasteiger partial charge is 0.412 e. The van der Waals surface area contributed by atoms with Gasteiger partial charge in [-0.2, -0.15) is 25.3 Å². The van der Waals surface area contributed by atoms with Crippen molar-refractivity contribution in [3.8, 4) is 0 Å². The van der Waals surface area contributed by atoms with Crippen LogP contribution in [0.2, 0.25) is 0 Å². The normalized spacial score (nSPS) is 40.5. The van der Waals surface area contributed by atoms with E-state index in [1.54, 1.807) is 0 Å². The zero-order chi connectivity index (χ0) is 44.5. The van der Waals surface area contributed by atoms with E-state index in [1.807, 2.05) is 0 Å². The fraction of sp³-hybridized carbons (Fsp3) is 1.00. The van der Waals surface area contributed by atoms with E-state index in [0.717, 1.165) is 0 Å². The van der Waals surface area contributed by atoms with Crippen molar-refractivity contribution in [2.24, 2.45) is 34.4 Å². The van der Waals surface area contributed by atoms with Crippen molar-refractivity contribution in [2.45, 2.75) is 123 Å². The molecule has 0 aromatic rings. The molecule has 34 nitrogen and oxygen atoms in total. The number of aliphatic hydroxyl groups excluding tert-OH is 7. The van der Waals surface area contributed by atoms with Crippen LogP contribution in [-0.4, -0.2) is 241 Å². The predicted molar refractivity (Wildman–Crippen MR) is 192 cm³/mol. The number of aliphatic hydroxyl groups is 7. The number of rotatable bonds is 9. The van der Waals surface area contributed by atoms with E-state index < -0.39 is 154 Å². The molecule has 37 heteroatoms. The van der Waals surface area contributed by atoms with Gasteiger partial charge in [-0.25, -0.2) is 0 Å². The maximum absolute atomic E-state index is 11.1. The van der Waals surface area contributed by atoms with Crippen LogP contribution < -0.4 is 34.4 Å². The quantitative estimate of drug-likeness (QED) is 0.0954. The Bertz CT molecular complexity index is 1440. The van der Waals surface area contributed by atoms with E-state index in [2.05, 4.69) is 0 Å². The van der Waals surface area contributed by atoms with Crippen LogP contribution >= 0.6 is 0 Å². The molecule has 3 saturated heterocycles. The van der Waals surface area contributed by atoms with Gasteiger partial charge in [-0.1, -0.05) is 0 Å². The van der Waals surface area contributed by atoms with Crippen LogP contribution in [0.5, 0.6) is 0 Å². The summed E-state index contributed by atoms with van der Waals surface area (Å²) in [6.45, 7) is -0.967. The molecule has 4 rings (SSSR count). The van der Waals surface area contributed by atoms with Gasteiger partial charge < -0.3 is 115 Å². The molecule has 1 aliphatic carbocycles. The molecule has 31 N–H and O–H groups in total. The van der Waals surface area contributed by atoms with Crippen LogP contribution in [-0.2, 0) is 59.6 Å². The van der Waals surface area contributed by atoms with Gasteiger partial charge in [-0.05, 0) is 6.42 Å². The molecule has 366 valence electrons. The lowest BCUT2D eigenvalue weighted by Crippen LogP contribution is -2.68. The zero-order valence-electron chi connectivity index (χ0n) is 30.7. The number of ether oxygens (including phenoxy) is 6. The van der Waals surface area contributed by atoms with Crippen LogP contribution in [0.4, 0.5) is 0 Å². The second kappa shape index (κ2) is 26.5. The van der Waals surface area contributed by atoms with Gasteiger partial charge >= 0.3 is 31.2 Å². The molecule has 0 radical (unpaired) electrons. The Balaban J connectivity index is -0.00000155. The summed E-state index contributed by atoms with van der Waals surface area (Å²) < 4.78 is 129. The second-order valence-corrected chi connectivity index (χ2v) is 15.3. The molecule has 3 aliphatic heterocycles. The average Bonchev–Trinajstić information content (AvgIpc) is 3.36. The molecule has 60 heavy (non-hydrogen) atoms. The van der Waals surface area contributed by atoms with Gasteiger partial charge in [0.15, 0.2) is 18.9 Å². The maximum atomic E-state index is 11.1. The molecule has 0 amide bonds. The van der Waals surface area contributed by atoms with Gasteiger partial charge in [0.1, 0.15) is 67.1 Å². The smallest absolute Gasteiger partial charge is 0.394 e. The van der Waals surface area contributed by atoms with Crippen LogP contribution in [0.25, 0.3) is 0 Å². The lowest BCUT2D eigenvalue weighted by atomic mass is 9.84. The second-order valence-electron chi connectivity index (χ2n) is 12.6. The molecule has 4 aliphatic rings. The van der Waals surface area contributed by atoms with Crippen molar-refractivity contribution in [3.05, 3.63) is 0 Å². The highest BCUT2D eigenvalue weighted by molar-refractivity contribution is 7.80. The van der Waals surface area contributed by atoms with E-state index in [0.29, 0.717) is 0 Å². The molecule has 19 unspecified atom stereocenters. The van der Waals surface area contributed by atoms with E-state index in [-0.39, 0.29) is 35.9 Å². The van der Waals surface area contributed by atoms with Crippen molar-refractivity contribution in [1.29, 1.82) is 0 Å². The Labute approximate surface area is 340 Å². The molecule has 19 atom stereocenters. The molecule has 0 bridgehead atoms. The minimum atomic E-state index is -4.67. The van der Waals surface area contributed by atoms with Crippen LogP contribution in [0.3, 0.4) is 0 Å². The number of hydrogen-bond acceptors (Lipinski definition) is 25. The molecule has 0 aromatic carbocycles. The monoisotopic (exact) mass is 962 g/mol. The third-order valence-corrected chi connectivity index (χ3v) is 8.37. The summed E-state index contributed by atoms with van der Waals surface area (Å²) in [5.74, 6) is 0. The van der Waals surface area contributed by atoms with Crippen LogP contribution in [0, 0.1) is 0 Å². The van der Waals surface area contributed by atoms with E-state index in [9.17, 15) is 35.7 Å². The van der Waals surface area contributed by atoms with Crippen molar-refractivity contribution in [2.75, 3.05) is 19.7 Å². The standard InChI is InChI=1S/C23H46N6O13.3H2O4S.3H2O/c24-2-7-13(32)15(34)10(28)21(37-7)40-18-6(27)1-5(26)12(31)20(18)42-23-17(36)19(9(4-30)39-23)41-22-11(29)16(35)14(33)8(3-25)38-22;3*1-5(2,3)4;;;/h5-23,30-36H,1-4,24-29H2;3*(H2,1,2,3,4);3*1H2. The third-order valence-electron chi connectivity index (χ3n) is 8.37. The highest BCUT2D eigenvalue weighted by atomic mass is 32.3. The SMILES string of the molecule is NCC1OC(OC2C(CO)OC(OC3C(O)C(N)CC(N)C3OC3OC(CN)C(O)C(O)C3N)C2O)C(N)C(O)C1O.O.O.O.O=S(=O)(O)O.O=S(=O)(O)O.O=S(=O)(O)O. The molecule has 0 spiro atoms. The summed E-state index contributed by atoms with van der Waals surface area (Å²) >= 11 is 0. The van der Waals surface area contributed by atoms with E-state index >= 15 is 0 Å². The van der Waals surface area contributed by atoms with Crippen LogP contribution in [0.15, 0.2) is 0 Å². The highest BCUT2D eigenvalue weighted by Gasteiger charge is 2.54. The summed E-state index contributed by atoms with van der Waals surface area (Å²) in [6.07, 6.45) is -19.8. The lowest BCUT2D eigenvalue weighted by molar-refractivity contribution is -0.306. The summed E-state index contributed by atoms with van der Waals surface area (Å²) in [6, 6.07) is -4.18. The summed E-state index contributed by atoms with van der Waals surface area (Å²) in [4.78, 5) is 0. The van der Waals surface area contributed by atoms with Gasteiger partial charge in [-0.15, -0.1) is 0 Å². The average molecular weight is 963 g/mol. The molecule has 4 fully saturated rings. The fourth-order valence-corrected chi connectivity index (χ4v) is 5.74. The minimum absolute atomic E-state index is 0. The fourth-order valence-electron chi connectivity index (χ4n) is 5.74. The molecule has 3 heterocycles. The Hall–Kier alpha value is -1.27. The van der Waals surface area contributed by atoms with Crippen molar-refractivity contribution in [3.63, 3.8) is 0 Å². The zero-order valence-corrected chi connectivity index (χ0v) is 33.1. The Morgan fingerprint density at radius 3 is 1.12 bits per heavy atom. The molecule has 0 aromatic heterocycles. The molecule has 1 saturated carbocycles. The summed E-state index contributed by atoms with van der Waals surface area (Å²) in [5, 5.41) is 73.0. The Morgan fingerprint density at radius 2 is 0.783 bits per heavy atom. The third kappa shape index (κ3) is 20.5. The Kier molecular flexibility index (Phi) is 27.8. The van der Waals surface area contributed by atoms with Gasteiger partial charge in [0.25, 0.3) is 0 Å². The minimum Gasteiger partial charge on any atom is -0.412 e. The van der Waals surface area contributed by atoms with Crippen LogP contribution in [0.1, 0.15) is 6.42 Å². The van der Waals surface area contributed by atoms with Crippen molar-refractivity contribution < 1.29 is 133 Å². The summed E-state index contributed by atoms with van der Waals surface area (Å²) in [7, 11) is -14.0. The Morgan fingerprint density at radius 1 is 0.467 bits per heavy atom. The first-order valence-electron chi connectivity index (χ1n) is 16.0. The number of nitrogens with two attached hydrogens (primary N) is 6.